The quantitative estimate of drug-likeness (QED) is 0.846. The van der Waals surface area contributed by atoms with Gasteiger partial charge in [-0.3, -0.25) is 0 Å². The van der Waals surface area contributed by atoms with Crippen LogP contribution < -0.4 is 0 Å². The van der Waals surface area contributed by atoms with E-state index < -0.39 is 0 Å². The number of aromatic nitrogens is 2. The van der Waals surface area contributed by atoms with Crippen molar-refractivity contribution in [2.45, 2.75) is 12.8 Å². The minimum atomic E-state index is 0.780. The number of nitrogens with zero attached hydrogens (tertiary/aromatic N) is 2. The molecular weight excluding hydrogens is 288 g/mol. The topological polar surface area (TPSA) is 17.8 Å². The van der Waals surface area contributed by atoms with Crippen molar-refractivity contribution in [2.75, 3.05) is 0 Å². The van der Waals surface area contributed by atoms with E-state index in [-0.39, 0.29) is 0 Å². The Morgan fingerprint density at radius 1 is 1.25 bits per heavy atom. The molecule has 0 atom stereocenters. The van der Waals surface area contributed by atoms with Gasteiger partial charge >= 0.3 is 0 Å². The SMILES string of the molecule is Cn1cnc(CCc2ccc(Cl)cc2)c1Br. The summed E-state index contributed by atoms with van der Waals surface area (Å²) < 4.78 is 3.03. The van der Waals surface area contributed by atoms with Gasteiger partial charge in [0.15, 0.2) is 0 Å². The number of rotatable bonds is 3. The molecule has 2 aromatic rings. The number of halogens is 2. The van der Waals surface area contributed by atoms with Crippen molar-refractivity contribution in [3.05, 3.63) is 51.5 Å². The second-order valence-electron chi connectivity index (χ2n) is 3.72. The van der Waals surface area contributed by atoms with Gasteiger partial charge in [-0.05, 0) is 46.5 Å². The molecule has 1 aromatic carbocycles. The molecule has 4 heteroatoms. The summed E-state index contributed by atoms with van der Waals surface area (Å²) in [5, 5.41) is 0.780. The lowest BCUT2D eigenvalue weighted by atomic mass is 10.1. The van der Waals surface area contributed by atoms with Crippen molar-refractivity contribution >= 4 is 27.5 Å². The minimum Gasteiger partial charge on any atom is -0.328 e. The normalized spacial score (nSPS) is 10.7. The third-order valence-electron chi connectivity index (χ3n) is 2.50. The van der Waals surface area contributed by atoms with Gasteiger partial charge in [0.1, 0.15) is 4.60 Å². The molecule has 0 aliphatic carbocycles. The monoisotopic (exact) mass is 298 g/mol. The van der Waals surface area contributed by atoms with Gasteiger partial charge in [-0.2, -0.15) is 0 Å². The third kappa shape index (κ3) is 2.66. The summed E-state index contributed by atoms with van der Waals surface area (Å²) in [5.41, 5.74) is 2.37. The van der Waals surface area contributed by atoms with Crippen LogP contribution in [-0.2, 0) is 19.9 Å². The van der Waals surface area contributed by atoms with Gasteiger partial charge in [-0.1, -0.05) is 23.7 Å². The molecule has 1 aromatic heterocycles. The van der Waals surface area contributed by atoms with Crippen LogP contribution in [0.1, 0.15) is 11.3 Å². The first-order chi connectivity index (χ1) is 7.66. The summed E-state index contributed by atoms with van der Waals surface area (Å²) >= 11 is 9.35. The molecule has 16 heavy (non-hydrogen) atoms. The lowest BCUT2D eigenvalue weighted by Crippen LogP contribution is -1.93. The number of aryl methyl sites for hydroxylation is 3. The predicted octanol–water partition coefficient (Wildman–Crippen LogP) is 3.62. The van der Waals surface area contributed by atoms with E-state index in [2.05, 4.69) is 33.0 Å². The number of benzene rings is 1. The van der Waals surface area contributed by atoms with Gasteiger partial charge in [0.05, 0.1) is 12.0 Å². The molecule has 1 heterocycles. The molecule has 0 amide bonds. The highest BCUT2D eigenvalue weighted by Crippen LogP contribution is 2.17. The van der Waals surface area contributed by atoms with E-state index in [1.807, 2.05) is 30.1 Å². The highest BCUT2D eigenvalue weighted by atomic mass is 79.9. The fourth-order valence-electron chi connectivity index (χ4n) is 1.55. The Hall–Kier alpha value is -0.800. The first-order valence-corrected chi connectivity index (χ1v) is 6.24. The van der Waals surface area contributed by atoms with Crippen LogP contribution in [0.25, 0.3) is 0 Å². The van der Waals surface area contributed by atoms with E-state index in [4.69, 9.17) is 11.6 Å². The highest BCUT2D eigenvalue weighted by Gasteiger charge is 2.05. The molecule has 0 unspecified atom stereocenters. The van der Waals surface area contributed by atoms with Crippen LogP contribution in [0.2, 0.25) is 5.02 Å². The third-order valence-corrected chi connectivity index (χ3v) is 3.77. The zero-order chi connectivity index (χ0) is 11.5. The molecule has 0 radical (unpaired) electrons. The van der Waals surface area contributed by atoms with E-state index in [1.165, 1.54) is 5.56 Å². The Morgan fingerprint density at radius 3 is 2.50 bits per heavy atom. The number of hydrogen-bond acceptors (Lipinski definition) is 1. The molecule has 0 saturated carbocycles. The summed E-state index contributed by atoms with van der Waals surface area (Å²) in [7, 11) is 1.98. The minimum absolute atomic E-state index is 0.780. The van der Waals surface area contributed by atoms with E-state index in [1.54, 1.807) is 0 Å². The van der Waals surface area contributed by atoms with E-state index in [0.717, 1.165) is 28.2 Å². The maximum atomic E-state index is 5.83. The molecule has 0 aliphatic rings. The molecule has 0 bridgehead atoms. The van der Waals surface area contributed by atoms with Crippen molar-refractivity contribution in [1.82, 2.24) is 9.55 Å². The van der Waals surface area contributed by atoms with Crippen molar-refractivity contribution in [3.63, 3.8) is 0 Å². The van der Waals surface area contributed by atoms with Gasteiger partial charge in [-0.15, -0.1) is 0 Å². The van der Waals surface area contributed by atoms with Crippen molar-refractivity contribution < 1.29 is 0 Å². The highest BCUT2D eigenvalue weighted by molar-refractivity contribution is 9.10. The van der Waals surface area contributed by atoms with Crippen molar-refractivity contribution in [1.29, 1.82) is 0 Å². The zero-order valence-corrected chi connectivity index (χ0v) is 11.3. The predicted molar refractivity (Wildman–Crippen MR) is 69.8 cm³/mol. The standard InChI is InChI=1S/C12H12BrClN2/c1-16-8-15-11(12(16)13)7-4-9-2-5-10(14)6-3-9/h2-3,5-6,8H,4,7H2,1H3. The van der Waals surface area contributed by atoms with E-state index in [0.29, 0.717) is 0 Å². The van der Waals surface area contributed by atoms with Gasteiger partial charge < -0.3 is 4.57 Å². The Balaban J connectivity index is 2.02. The molecule has 0 spiro atoms. The maximum Gasteiger partial charge on any atom is 0.107 e. The first kappa shape index (κ1) is 11.7. The van der Waals surface area contributed by atoms with Gasteiger partial charge in [0.2, 0.25) is 0 Å². The summed E-state index contributed by atoms with van der Waals surface area (Å²) in [6, 6.07) is 7.95. The zero-order valence-electron chi connectivity index (χ0n) is 8.95. The molecule has 0 saturated heterocycles. The summed E-state index contributed by atoms with van der Waals surface area (Å²) in [4.78, 5) is 4.34. The van der Waals surface area contributed by atoms with Crippen molar-refractivity contribution in [2.24, 2.45) is 7.05 Å². The fraction of sp³-hybridized carbons (Fsp3) is 0.250. The summed E-state index contributed by atoms with van der Waals surface area (Å²) in [6.07, 6.45) is 3.73. The van der Waals surface area contributed by atoms with Crippen LogP contribution >= 0.6 is 27.5 Å². The van der Waals surface area contributed by atoms with Crippen LogP contribution in [0.4, 0.5) is 0 Å². The average molecular weight is 300 g/mol. The largest absolute Gasteiger partial charge is 0.328 e. The average Bonchev–Trinajstić information content (AvgIpc) is 2.60. The number of imidazole rings is 1. The molecule has 0 N–H and O–H groups in total. The fourth-order valence-corrected chi connectivity index (χ4v) is 2.06. The molecule has 2 nitrogen and oxygen atoms in total. The second-order valence-corrected chi connectivity index (χ2v) is 4.91. The van der Waals surface area contributed by atoms with Crippen LogP contribution in [0, 0.1) is 0 Å². The lowest BCUT2D eigenvalue weighted by Gasteiger charge is -2.01. The lowest BCUT2D eigenvalue weighted by molar-refractivity contribution is 0.876. The summed E-state index contributed by atoms with van der Waals surface area (Å²) in [5.74, 6) is 0. The smallest absolute Gasteiger partial charge is 0.107 e. The van der Waals surface area contributed by atoms with Gasteiger partial charge in [-0.25, -0.2) is 4.98 Å². The van der Waals surface area contributed by atoms with Crippen LogP contribution in [-0.4, -0.2) is 9.55 Å². The summed E-state index contributed by atoms with van der Waals surface area (Å²) in [6.45, 7) is 0. The van der Waals surface area contributed by atoms with Crippen molar-refractivity contribution in [3.8, 4) is 0 Å². The maximum absolute atomic E-state index is 5.83. The van der Waals surface area contributed by atoms with Crippen LogP contribution in [0.15, 0.2) is 35.2 Å². The molecule has 0 fully saturated rings. The van der Waals surface area contributed by atoms with Gasteiger partial charge in [0, 0.05) is 12.1 Å². The molecule has 2 rings (SSSR count). The Labute approximate surface area is 108 Å². The Morgan fingerprint density at radius 2 is 1.94 bits per heavy atom. The second kappa shape index (κ2) is 5.02. The molecule has 84 valence electrons. The molecule has 0 aliphatic heterocycles. The van der Waals surface area contributed by atoms with Crippen LogP contribution in [0.5, 0.6) is 0 Å². The van der Waals surface area contributed by atoms with Gasteiger partial charge in [0.25, 0.3) is 0 Å². The van der Waals surface area contributed by atoms with E-state index in [9.17, 15) is 0 Å². The molecular formula is C12H12BrClN2. The van der Waals surface area contributed by atoms with Crippen LogP contribution in [0.3, 0.4) is 0 Å². The number of hydrogen-bond donors (Lipinski definition) is 0. The Kier molecular flexibility index (Phi) is 3.66. The first-order valence-electron chi connectivity index (χ1n) is 5.07. The Bertz CT molecular complexity index is 476. The van der Waals surface area contributed by atoms with E-state index >= 15 is 0 Å².